The minimum atomic E-state index is -0.736. The van der Waals surface area contributed by atoms with Gasteiger partial charge in [-0.15, -0.1) is 0 Å². The monoisotopic (exact) mass is 426 g/mol. The van der Waals surface area contributed by atoms with Crippen LogP contribution in [0.4, 0.5) is 4.39 Å². The van der Waals surface area contributed by atoms with Crippen molar-refractivity contribution in [1.29, 1.82) is 0 Å². The van der Waals surface area contributed by atoms with Crippen LogP contribution in [-0.2, 0) is 17.8 Å². The first kappa shape index (κ1) is 21.3. The first-order valence-electron chi connectivity index (χ1n) is 10.6. The van der Waals surface area contributed by atoms with E-state index in [9.17, 15) is 14.3 Å². The van der Waals surface area contributed by atoms with Crippen LogP contribution in [0.2, 0.25) is 0 Å². The molecule has 1 aliphatic carbocycles. The number of aliphatic hydroxyl groups is 1. The Morgan fingerprint density at radius 2 is 2.10 bits per heavy atom. The maximum atomic E-state index is 14.7. The number of hydrogen-bond acceptors (Lipinski definition) is 5. The lowest BCUT2D eigenvalue weighted by Crippen LogP contribution is -2.46. The van der Waals surface area contributed by atoms with Crippen LogP contribution in [-0.4, -0.2) is 33.1 Å². The van der Waals surface area contributed by atoms with Gasteiger partial charge in [0.05, 0.1) is 18.0 Å². The number of nitrogens with two attached hydrogens (primary N) is 1. The van der Waals surface area contributed by atoms with Crippen molar-refractivity contribution in [3.63, 3.8) is 0 Å². The highest BCUT2D eigenvalue weighted by Gasteiger charge is 2.21. The molecule has 1 atom stereocenters. The Balaban J connectivity index is 1.43. The number of carbonyl (C=O) groups excluding carboxylic acids is 1. The molecule has 1 saturated carbocycles. The normalized spacial score (nSPS) is 15.7. The summed E-state index contributed by atoms with van der Waals surface area (Å²) in [7, 11) is 0. The average Bonchev–Trinajstić information content (AvgIpc) is 3.20. The van der Waals surface area contributed by atoms with Gasteiger partial charge < -0.3 is 25.9 Å². The fourth-order valence-corrected chi connectivity index (χ4v) is 4.08. The molecule has 5 N–H and O–H groups in total. The number of hydrogen-bond donors (Lipinski definition) is 4. The number of pyridine rings is 1. The summed E-state index contributed by atoms with van der Waals surface area (Å²) in [5, 5.41) is 13.1. The second kappa shape index (κ2) is 9.45. The van der Waals surface area contributed by atoms with Gasteiger partial charge in [-0.1, -0.05) is 25.3 Å². The smallest absolute Gasteiger partial charge is 0.237 e. The molecule has 0 saturated heterocycles. The van der Waals surface area contributed by atoms with Crippen LogP contribution >= 0.6 is 0 Å². The molecule has 8 heteroatoms. The molecule has 1 aliphatic rings. The molecule has 7 nitrogen and oxygen atoms in total. The van der Waals surface area contributed by atoms with Crippen molar-refractivity contribution in [2.75, 3.05) is 0 Å². The SMILES string of the molecule is NC(Cc1ccc(Oc2ccnc3[nH]cc(CO)c23)c(F)c1)C(=O)NC1CCCCC1. The number of halogens is 1. The Morgan fingerprint density at radius 3 is 2.84 bits per heavy atom. The predicted molar refractivity (Wildman–Crippen MR) is 115 cm³/mol. The van der Waals surface area contributed by atoms with Gasteiger partial charge in [0.1, 0.15) is 11.4 Å². The predicted octanol–water partition coefficient (Wildman–Crippen LogP) is 3.31. The lowest BCUT2D eigenvalue weighted by molar-refractivity contribution is -0.123. The summed E-state index contributed by atoms with van der Waals surface area (Å²) in [4.78, 5) is 19.5. The van der Waals surface area contributed by atoms with E-state index in [0.29, 0.717) is 27.9 Å². The van der Waals surface area contributed by atoms with Crippen molar-refractivity contribution in [2.24, 2.45) is 5.73 Å². The standard InChI is InChI=1S/C23H27FN4O3/c24-17-10-14(11-18(25)23(30)28-16-4-2-1-3-5-16)6-7-19(17)31-20-8-9-26-22-21(20)15(13-29)12-27-22/h6-10,12,16,18,29H,1-5,11,13,25H2,(H,26,27)(H,28,30). The molecule has 1 fully saturated rings. The molecule has 3 aromatic rings. The molecule has 1 unspecified atom stereocenters. The van der Waals surface area contributed by atoms with Crippen LogP contribution in [0.15, 0.2) is 36.7 Å². The Kier molecular flexibility index (Phi) is 6.48. The van der Waals surface area contributed by atoms with E-state index in [2.05, 4.69) is 15.3 Å². The van der Waals surface area contributed by atoms with E-state index in [-0.39, 0.29) is 30.7 Å². The number of nitrogens with zero attached hydrogens (tertiary/aromatic N) is 1. The molecular formula is C23H27FN4O3. The number of ether oxygens (including phenoxy) is 1. The van der Waals surface area contributed by atoms with E-state index < -0.39 is 11.9 Å². The summed E-state index contributed by atoms with van der Waals surface area (Å²) in [5.41, 5.74) is 7.85. The lowest BCUT2D eigenvalue weighted by Gasteiger charge is -2.24. The van der Waals surface area contributed by atoms with Gasteiger partial charge in [-0.25, -0.2) is 9.37 Å². The Bertz CT molecular complexity index is 1060. The molecule has 2 aromatic heterocycles. The fourth-order valence-electron chi connectivity index (χ4n) is 4.08. The fraction of sp³-hybridized carbons (Fsp3) is 0.391. The highest BCUT2D eigenvalue weighted by atomic mass is 19.1. The molecule has 0 aliphatic heterocycles. The van der Waals surface area contributed by atoms with Crippen LogP contribution in [0.25, 0.3) is 11.0 Å². The number of benzene rings is 1. The third-order valence-electron chi connectivity index (χ3n) is 5.75. The van der Waals surface area contributed by atoms with Crippen LogP contribution < -0.4 is 15.8 Å². The summed E-state index contributed by atoms with van der Waals surface area (Å²) in [6.45, 7) is -0.190. The molecule has 4 rings (SSSR count). The summed E-state index contributed by atoms with van der Waals surface area (Å²) in [6, 6.07) is 5.64. The molecule has 31 heavy (non-hydrogen) atoms. The van der Waals surface area contributed by atoms with Crippen molar-refractivity contribution in [3.8, 4) is 11.5 Å². The van der Waals surface area contributed by atoms with Gasteiger partial charge in [-0.3, -0.25) is 4.79 Å². The zero-order valence-corrected chi connectivity index (χ0v) is 17.2. The van der Waals surface area contributed by atoms with Crippen molar-refractivity contribution in [2.45, 2.75) is 57.2 Å². The number of aromatic amines is 1. The topological polar surface area (TPSA) is 113 Å². The van der Waals surface area contributed by atoms with Gasteiger partial charge in [0.2, 0.25) is 5.91 Å². The second-order valence-corrected chi connectivity index (χ2v) is 8.03. The first-order valence-corrected chi connectivity index (χ1v) is 10.6. The van der Waals surface area contributed by atoms with E-state index in [1.807, 2.05) is 0 Å². The summed E-state index contributed by atoms with van der Waals surface area (Å²) >= 11 is 0. The Morgan fingerprint density at radius 1 is 1.29 bits per heavy atom. The summed E-state index contributed by atoms with van der Waals surface area (Å²) in [6.07, 6.45) is 8.86. The third-order valence-corrected chi connectivity index (χ3v) is 5.75. The van der Waals surface area contributed by atoms with Crippen LogP contribution in [0.3, 0.4) is 0 Å². The van der Waals surface area contributed by atoms with E-state index in [1.54, 1.807) is 24.5 Å². The number of rotatable bonds is 7. The molecule has 0 spiro atoms. The third kappa shape index (κ3) is 4.86. The number of carbonyl (C=O) groups is 1. The van der Waals surface area contributed by atoms with E-state index in [1.165, 1.54) is 18.6 Å². The van der Waals surface area contributed by atoms with Gasteiger partial charge in [0.25, 0.3) is 0 Å². The summed E-state index contributed by atoms with van der Waals surface area (Å²) < 4.78 is 20.5. The minimum Gasteiger partial charge on any atom is -0.453 e. The van der Waals surface area contributed by atoms with Gasteiger partial charge in [-0.2, -0.15) is 0 Å². The van der Waals surface area contributed by atoms with Crippen LogP contribution in [0, 0.1) is 5.82 Å². The van der Waals surface area contributed by atoms with Gasteiger partial charge >= 0.3 is 0 Å². The molecule has 1 amide bonds. The second-order valence-electron chi connectivity index (χ2n) is 8.03. The quantitative estimate of drug-likeness (QED) is 0.463. The highest BCUT2D eigenvalue weighted by molar-refractivity contribution is 5.86. The molecule has 164 valence electrons. The number of nitrogens with one attached hydrogen (secondary N) is 2. The van der Waals surface area contributed by atoms with Gasteiger partial charge in [0, 0.05) is 24.0 Å². The van der Waals surface area contributed by atoms with Gasteiger partial charge in [0.15, 0.2) is 11.6 Å². The van der Waals surface area contributed by atoms with Crippen molar-refractivity contribution < 1.29 is 19.0 Å². The maximum Gasteiger partial charge on any atom is 0.237 e. The Hall–Kier alpha value is -2.97. The van der Waals surface area contributed by atoms with Crippen LogP contribution in [0.5, 0.6) is 11.5 Å². The number of fused-ring (bicyclic) bond motifs is 1. The lowest BCUT2D eigenvalue weighted by atomic mass is 9.95. The van der Waals surface area contributed by atoms with Crippen molar-refractivity contribution in [3.05, 3.63) is 53.6 Å². The largest absolute Gasteiger partial charge is 0.453 e. The van der Waals surface area contributed by atoms with E-state index >= 15 is 0 Å². The Labute approximate surface area is 179 Å². The number of amides is 1. The number of H-pyrrole nitrogens is 1. The first-order chi connectivity index (χ1) is 15.0. The molecule has 0 radical (unpaired) electrons. The number of aromatic nitrogens is 2. The molecule has 0 bridgehead atoms. The average molecular weight is 426 g/mol. The maximum absolute atomic E-state index is 14.7. The summed E-state index contributed by atoms with van der Waals surface area (Å²) in [5.74, 6) is -0.314. The molecule has 1 aromatic carbocycles. The van der Waals surface area contributed by atoms with Crippen molar-refractivity contribution >= 4 is 16.9 Å². The van der Waals surface area contributed by atoms with Gasteiger partial charge in [-0.05, 0) is 43.0 Å². The highest BCUT2D eigenvalue weighted by Crippen LogP contribution is 2.32. The molecular weight excluding hydrogens is 399 g/mol. The van der Waals surface area contributed by atoms with Crippen LogP contribution in [0.1, 0.15) is 43.2 Å². The minimum absolute atomic E-state index is 0.0431. The van der Waals surface area contributed by atoms with E-state index in [4.69, 9.17) is 10.5 Å². The zero-order chi connectivity index (χ0) is 21.8. The van der Waals surface area contributed by atoms with Crippen molar-refractivity contribution in [1.82, 2.24) is 15.3 Å². The zero-order valence-electron chi connectivity index (χ0n) is 17.2. The van der Waals surface area contributed by atoms with E-state index in [0.717, 1.165) is 25.7 Å². The molecule has 2 heterocycles. The number of aliphatic hydroxyl groups excluding tert-OH is 1.